The number of para-hydroxylation sites is 5. The first-order valence-corrected chi connectivity index (χ1v) is 20.4. The molecule has 0 amide bonds. The smallest absolute Gasteiger partial charge is 0.258 e. The molecule has 0 bridgehead atoms. The molecule has 0 radical (unpaired) electrons. The average molecular weight is 765 g/mol. The van der Waals surface area contributed by atoms with Crippen LogP contribution in [0.5, 0.6) is 0 Å². The lowest BCUT2D eigenvalue weighted by Crippen LogP contribution is -2.66. The molecule has 0 atom stereocenters. The van der Waals surface area contributed by atoms with Crippen LogP contribution < -0.4 is 52.4 Å². The molecule has 4 aliphatic heterocycles. The van der Waals surface area contributed by atoms with Crippen molar-refractivity contribution in [2.75, 3.05) is 19.6 Å². The molecule has 0 saturated heterocycles. The first-order valence-electron chi connectivity index (χ1n) is 20.4. The summed E-state index contributed by atoms with van der Waals surface area (Å²) in [5.41, 5.74) is 17.0. The van der Waals surface area contributed by atoms with Gasteiger partial charge in [-0.15, -0.1) is 0 Å². The van der Waals surface area contributed by atoms with Crippen LogP contribution in [0, 0.1) is 0 Å². The molecule has 4 aliphatic rings. The van der Waals surface area contributed by atoms with Gasteiger partial charge >= 0.3 is 0 Å². The molecular formula is C51H33B2N7. The minimum absolute atomic E-state index is 0.0853. The van der Waals surface area contributed by atoms with Gasteiger partial charge in [0.2, 0.25) is 0 Å². The zero-order valence-electron chi connectivity index (χ0n) is 32.3. The van der Waals surface area contributed by atoms with Gasteiger partial charge in [-0.3, -0.25) is 14.8 Å². The van der Waals surface area contributed by atoms with Gasteiger partial charge in [-0.1, -0.05) is 103 Å². The number of benzene rings is 6. The molecule has 0 spiro atoms. The molecule has 278 valence electrons. The van der Waals surface area contributed by atoms with E-state index < -0.39 is 0 Å². The molecule has 0 aliphatic carbocycles. The van der Waals surface area contributed by atoms with Crippen LogP contribution in [0.1, 0.15) is 0 Å². The zero-order chi connectivity index (χ0) is 39.3. The SMILES string of the molecule is c1ccc(N2c3ccccc3B3c4cc5c(nc4N(c4ccccc4)c4cccc2c43)N(c2ccccc2)c2nccc3c2B5c2cnccc2N3c2ccccc2)cc1. The second kappa shape index (κ2) is 12.8. The van der Waals surface area contributed by atoms with Crippen LogP contribution in [0.4, 0.5) is 68.6 Å². The van der Waals surface area contributed by atoms with Crippen molar-refractivity contribution in [1.29, 1.82) is 0 Å². The first kappa shape index (κ1) is 33.1. The largest absolute Gasteiger partial charge is 0.311 e. The van der Waals surface area contributed by atoms with Crippen LogP contribution in [0.15, 0.2) is 201 Å². The Labute approximate surface area is 348 Å². The number of nitrogens with zero attached hydrogens (tertiary/aromatic N) is 7. The van der Waals surface area contributed by atoms with Gasteiger partial charge in [0.25, 0.3) is 13.4 Å². The Morgan fingerprint density at radius 1 is 0.333 bits per heavy atom. The number of aromatic nitrogens is 3. The third-order valence-electron chi connectivity index (χ3n) is 12.5. The highest BCUT2D eigenvalue weighted by Gasteiger charge is 2.49. The summed E-state index contributed by atoms with van der Waals surface area (Å²) in [5.74, 6) is 2.64. The molecule has 0 unspecified atom stereocenters. The summed E-state index contributed by atoms with van der Waals surface area (Å²) in [7, 11) is 0. The summed E-state index contributed by atoms with van der Waals surface area (Å²) in [6.07, 6.45) is 5.90. The van der Waals surface area contributed by atoms with Gasteiger partial charge in [-0.05, 0) is 112 Å². The molecular weight excluding hydrogens is 732 g/mol. The van der Waals surface area contributed by atoms with E-state index in [0.717, 1.165) is 79.1 Å². The Morgan fingerprint density at radius 3 is 1.45 bits per heavy atom. The van der Waals surface area contributed by atoms with Crippen molar-refractivity contribution in [2.45, 2.75) is 0 Å². The number of hydrogen-bond acceptors (Lipinski definition) is 7. The molecule has 0 saturated carbocycles. The van der Waals surface area contributed by atoms with E-state index in [1.54, 1.807) is 0 Å². The average Bonchev–Trinajstić information content (AvgIpc) is 3.32. The Hall–Kier alpha value is -7.90. The van der Waals surface area contributed by atoms with E-state index in [2.05, 4.69) is 202 Å². The number of anilines is 12. The van der Waals surface area contributed by atoms with Crippen LogP contribution in [0.3, 0.4) is 0 Å². The molecule has 9 heteroatoms. The van der Waals surface area contributed by atoms with Gasteiger partial charge in [0.05, 0.1) is 0 Å². The standard InChI is InChI=1S/C51H33B2N7/c1-5-16-34(17-6-1)57-42-25-14-13-24-38(42)52-39-32-40-50(56-49(39)59(36-20-9-3-10-21-36)45-27-15-26-44(57)47(45)52)60(37-22-11-4-12-23-37)51-48-46(29-31-55-51)58(35-18-7-2-8-19-35)43-28-30-54-33-41(43)53(40)48/h1-33H. The van der Waals surface area contributed by atoms with Gasteiger partial charge < -0.3 is 9.80 Å². The van der Waals surface area contributed by atoms with Crippen LogP contribution >= 0.6 is 0 Å². The highest BCUT2D eigenvalue weighted by atomic mass is 15.3. The summed E-state index contributed by atoms with van der Waals surface area (Å²) < 4.78 is 0. The molecule has 13 rings (SSSR count). The molecule has 0 N–H and O–H groups in total. The molecule has 6 aromatic carbocycles. The van der Waals surface area contributed by atoms with Crippen LogP contribution in [0.25, 0.3) is 0 Å². The number of hydrogen-bond donors (Lipinski definition) is 0. The summed E-state index contributed by atoms with van der Waals surface area (Å²) >= 11 is 0. The fourth-order valence-electron chi connectivity index (χ4n) is 10.2. The van der Waals surface area contributed by atoms with Crippen LogP contribution in [-0.4, -0.2) is 28.4 Å². The van der Waals surface area contributed by atoms with Crippen molar-refractivity contribution in [2.24, 2.45) is 0 Å². The van der Waals surface area contributed by atoms with E-state index in [9.17, 15) is 0 Å². The minimum atomic E-state index is -0.179. The predicted molar refractivity (Wildman–Crippen MR) is 248 cm³/mol. The minimum Gasteiger partial charge on any atom is -0.311 e. The van der Waals surface area contributed by atoms with Gasteiger partial charge in [0, 0.05) is 69.8 Å². The summed E-state index contributed by atoms with van der Waals surface area (Å²) in [6.45, 7) is -0.264. The molecule has 0 fully saturated rings. The Balaban J connectivity index is 1.14. The number of pyridine rings is 3. The summed E-state index contributed by atoms with van der Waals surface area (Å²) in [4.78, 5) is 25.4. The van der Waals surface area contributed by atoms with E-state index in [1.807, 2.05) is 18.6 Å². The monoisotopic (exact) mass is 765 g/mol. The molecule has 7 nitrogen and oxygen atoms in total. The number of fused-ring (bicyclic) bond motifs is 8. The predicted octanol–water partition coefficient (Wildman–Crippen LogP) is 8.04. The highest BCUT2D eigenvalue weighted by molar-refractivity contribution is 7.03. The van der Waals surface area contributed by atoms with Crippen LogP contribution in [0.2, 0.25) is 0 Å². The topological polar surface area (TPSA) is 51.6 Å². The van der Waals surface area contributed by atoms with Crippen molar-refractivity contribution in [3.8, 4) is 0 Å². The van der Waals surface area contributed by atoms with Crippen molar-refractivity contribution in [1.82, 2.24) is 15.0 Å². The lowest BCUT2D eigenvalue weighted by Gasteiger charge is -2.45. The van der Waals surface area contributed by atoms with Crippen LogP contribution in [-0.2, 0) is 0 Å². The molecule has 3 aromatic heterocycles. The third-order valence-corrected chi connectivity index (χ3v) is 12.5. The van der Waals surface area contributed by atoms with Crippen molar-refractivity contribution in [3.63, 3.8) is 0 Å². The molecule has 60 heavy (non-hydrogen) atoms. The summed E-state index contributed by atoms with van der Waals surface area (Å²) in [5, 5.41) is 0. The van der Waals surface area contributed by atoms with E-state index in [-0.39, 0.29) is 13.4 Å². The highest BCUT2D eigenvalue weighted by Crippen LogP contribution is 2.46. The van der Waals surface area contributed by atoms with Gasteiger partial charge in [-0.2, -0.15) is 0 Å². The maximum Gasteiger partial charge on any atom is 0.258 e. The quantitative estimate of drug-likeness (QED) is 0.168. The second-order valence-corrected chi connectivity index (χ2v) is 15.6. The lowest BCUT2D eigenvalue weighted by molar-refractivity contribution is 1.11. The Morgan fingerprint density at radius 2 is 0.800 bits per heavy atom. The van der Waals surface area contributed by atoms with Crippen molar-refractivity contribution >= 4 is 115 Å². The van der Waals surface area contributed by atoms with Gasteiger partial charge in [0.15, 0.2) is 0 Å². The van der Waals surface area contributed by atoms with E-state index in [4.69, 9.17) is 15.0 Å². The Bertz CT molecular complexity index is 2940. The van der Waals surface area contributed by atoms with Crippen molar-refractivity contribution < 1.29 is 0 Å². The molecule has 9 aromatic rings. The third kappa shape index (κ3) is 4.60. The maximum absolute atomic E-state index is 5.94. The normalized spacial score (nSPS) is 13.8. The fourth-order valence-corrected chi connectivity index (χ4v) is 10.2. The van der Waals surface area contributed by atoms with E-state index in [0.29, 0.717) is 0 Å². The Kier molecular flexibility index (Phi) is 7.06. The lowest BCUT2D eigenvalue weighted by atomic mass is 9.31. The fraction of sp³-hybridized carbons (Fsp3) is 0. The zero-order valence-corrected chi connectivity index (χ0v) is 32.3. The van der Waals surface area contributed by atoms with Crippen molar-refractivity contribution in [3.05, 3.63) is 201 Å². The number of rotatable bonds is 4. The first-order chi connectivity index (χ1) is 29.8. The summed E-state index contributed by atoms with van der Waals surface area (Å²) in [6, 6.07) is 65.0. The molecule has 7 heterocycles. The maximum atomic E-state index is 5.94. The second-order valence-electron chi connectivity index (χ2n) is 15.6. The van der Waals surface area contributed by atoms with E-state index in [1.165, 1.54) is 22.3 Å². The van der Waals surface area contributed by atoms with Gasteiger partial charge in [-0.25, -0.2) is 9.97 Å². The van der Waals surface area contributed by atoms with Gasteiger partial charge in [0.1, 0.15) is 17.5 Å². The van der Waals surface area contributed by atoms with E-state index >= 15 is 0 Å².